The molecule has 2 atom stereocenters. The van der Waals surface area contributed by atoms with Crippen LogP contribution in [-0.2, 0) is 10.0 Å². The number of aryl methyl sites for hydroxylation is 1. The Hall–Kier alpha value is -2.02. The lowest BCUT2D eigenvalue weighted by atomic mass is 10.3. The smallest absolute Gasteiger partial charge is 0.263 e. The molecule has 1 aliphatic rings. The number of benzene rings is 1. The maximum absolute atomic E-state index is 12.2. The second kappa shape index (κ2) is 5.64. The van der Waals surface area contributed by atoms with Crippen LogP contribution in [0.4, 0.5) is 5.82 Å². The zero-order valence-corrected chi connectivity index (χ0v) is 13.3. The van der Waals surface area contributed by atoms with Crippen molar-refractivity contribution < 1.29 is 17.7 Å². The van der Waals surface area contributed by atoms with E-state index in [1.54, 1.807) is 19.1 Å². The summed E-state index contributed by atoms with van der Waals surface area (Å²) >= 11 is 0. The van der Waals surface area contributed by atoms with Crippen molar-refractivity contribution in [2.45, 2.75) is 25.2 Å². The van der Waals surface area contributed by atoms with Crippen LogP contribution in [0.3, 0.4) is 0 Å². The van der Waals surface area contributed by atoms with Gasteiger partial charge in [-0.15, -0.1) is 0 Å². The molecule has 0 spiro atoms. The Kier molecular flexibility index (Phi) is 3.82. The molecule has 1 aromatic carbocycles. The average molecular weight is 322 g/mol. The summed E-state index contributed by atoms with van der Waals surface area (Å²) in [4.78, 5) is 0.153. The lowest BCUT2D eigenvalue weighted by Crippen LogP contribution is -2.13. The van der Waals surface area contributed by atoms with E-state index in [1.807, 2.05) is 0 Å². The minimum Gasteiger partial charge on any atom is -0.493 e. The van der Waals surface area contributed by atoms with Gasteiger partial charge in [-0.25, -0.2) is 8.42 Å². The summed E-state index contributed by atoms with van der Waals surface area (Å²) in [6, 6.07) is 7.87. The molecule has 2 unspecified atom stereocenters. The van der Waals surface area contributed by atoms with Crippen LogP contribution in [-0.4, -0.2) is 20.2 Å². The minimum atomic E-state index is -3.67. The number of aromatic nitrogens is 1. The number of rotatable bonds is 6. The van der Waals surface area contributed by atoms with Crippen LogP contribution in [0.5, 0.6) is 5.75 Å². The van der Waals surface area contributed by atoms with E-state index < -0.39 is 10.0 Å². The van der Waals surface area contributed by atoms with Crippen molar-refractivity contribution in [1.29, 1.82) is 0 Å². The summed E-state index contributed by atoms with van der Waals surface area (Å²) in [6.07, 6.45) is 1.20. The molecule has 1 N–H and O–H groups in total. The molecule has 1 saturated carbocycles. The number of hydrogen-bond donors (Lipinski definition) is 1. The second-order valence-electron chi connectivity index (χ2n) is 5.68. The SMILES string of the molecule is Cc1cc(NS(=O)(=O)c2ccc(OCC3CC3C)cc2)no1. The van der Waals surface area contributed by atoms with Gasteiger partial charge in [-0.2, -0.15) is 0 Å². The van der Waals surface area contributed by atoms with Gasteiger partial charge in [-0.3, -0.25) is 4.72 Å². The van der Waals surface area contributed by atoms with Crippen LogP contribution in [0.2, 0.25) is 0 Å². The lowest BCUT2D eigenvalue weighted by Gasteiger charge is -2.08. The molecule has 7 heteroatoms. The molecule has 2 aromatic rings. The third-order valence-corrected chi connectivity index (χ3v) is 5.11. The topological polar surface area (TPSA) is 81.4 Å². The molecule has 0 amide bonds. The average Bonchev–Trinajstić information content (AvgIpc) is 3.04. The van der Waals surface area contributed by atoms with Crippen molar-refractivity contribution in [3.8, 4) is 5.75 Å². The van der Waals surface area contributed by atoms with E-state index >= 15 is 0 Å². The molecule has 0 saturated heterocycles. The molecule has 1 fully saturated rings. The van der Waals surface area contributed by atoms with Gasteiger partial charge in [0.2, 0.25) is 0 Å². The lowest BCUT2D eigenvalue weighted by molar-refractivity contribution is 0.293. The van der Waals surface area contributed by atoms with E-state index in [4.69, 9.17) is 9.26 Å². The quantitative estimate of drug-likeness (QED) is 0.884. The van der Waals surface area contributed by atoms with Gasteiger partial charge in [0.1, 0.15) is 11.5 Å². The Morgan fingerprint density at radius 3 is 2.59 bits per heavy atom. The highest BCUT2D eigenvalue weighted by Gasteiger charge is 2.32. The molecule has 0 radical (unpaired) electrons. The van der Waals surface area contributed by atoms with E-state index in [9.17, 15) is 8.42 Å². The first-order valence-corrected chi connectivity index (χ1v) is 8.61. The number of anilines is 1. The molecule has 1 aliphatic carbocycles. The highest BCUT2D eigenvalue weighted by Crippen LogP contribution is 2.37. The van der Waals surface area contributed by atoms with Crippen molar-refractivity contribution in [2.75, 3.05) is 11.3 Å². The number of ether oxygens (including phenoxy) is 1. The van der Waals surface area contributed by atoms with Crippen LogP contribution in [0.15, 0.2) is 39.8 Å². The van der Waals surface area contributed by atoms with Crippen molar-refractivity contribution >= 4 is 15.8 Å². The molecule has 0 aliphatic heterocycles. The van der Waals surface area contributed by atoms with Gasteiger partial charge < -0.3 is 9.26 Å². The molecule has 6 nitrogen and oxygen atoms in total. The summed E-state index contributed by atoms with van der Waals surface area (Å²) in [5.74, 6) is 2.74. The molecular formula is C15H18N2O4S. The first kappa shape index (κ1) is 14.9. The predicted molar refractivity (Wildman–Crippen MR) is 81.3 cm³/mol. The minimum absolute atomic E-state index is 0.153. The first-order chi connectivity index (χ1) is 10.4. The first-order valence-electron chi connectivity index (χ1n) is 7.13. The summed E-state index contributed by atoms with van der Waals surface area (Å²) in [5, 5.41) is 3.62. The van der Waals surface area contributed by atoms with Gasteiger partial charge in [-0.05, 0) is 49.4 Å². The van der Waals surface area contributed by atoms with E-state index in [0.717, 1.165) is 5.92 Å². The number of nitrogens with one attached hydrogen (secondary N) is 1. The van der Waals surface area contributed by atoms with Gasteiger partial charge in [0.15, 0.2) is 5.82 Å². The monoisotopic (exact) mass is 322 g/mol. The molecule has 0 bridgehead atoms. The van der Waals surface area contributed by atoms with Gasteiger partial charge in [0, 0.05) is 6.07 Å². The molecular weight excluding hydrogens is 304 g/mol. The van der Waals surface area contributed by atoms with E-state index in [2.05, 4.69) is 16.8 Å². The predicted octanol–water partition coefficient (Wildman–Crippen LogP) is 2.82. The number of sulfonamides is 1. The van der Waals surface area contributed by atoms with E-state index in [-0.39, 0.29) is 10.7 Å². The van der Waals surface area contributed by atoms with Crippen LogP contribution < -0.4 is 9.46 Å². The zero-order valence-electron chi connectivity index (χ0n) is 12.4. The summed E-state index contributed by atoms with van der Waals surface area (Å²) in [6.45, 7) is 4.57. The Bertz CT molecular complexity index is 752. The van der Waals surface area contributed by atoms with Gasteiger partial charge >= 0.3 is 0 Å². The summed E-state index contributed by atoms with van der Waals surface area (Å²) in [5.41, 5.74) is 0. The van der Waals surface area contributed by atoms with Gasteiger partial charge in [0.05, 0.1) is 11.5 Å². The standard InChI is InChI=1S/C15H18N2O4S/c1-10-7-12(10)9-20-13-3-5-14(6-4-13)22(18,19)17-15-8-11(2)21-16-15/h3-6,8,10,12H,7,9H2,1-2H3,(H,16,17). The highest BCUT2D eigenvalue weighted by atomic mass is 32.2. The Morgan fingerprint density at radius 2 is 2.05 bits per heavy atom. The summed E-state index contributed by atoms with van der Waals surface area (Å²) < 4.78 is 37.3. The fourth-order valence-electron chi connectivity index (χ4n) is 2.16. The Morgan fingerprint density at radius 1 is 1.36 bits per heavy atom. The van der Waals surface area contributed by atoms with Crippen molar-refractivity contribution in [3.05, 3.63) is 36.1 Å². The maximum atomic E-state index is 12.2. The van der Waals surface area contributed by atoms with Crippen LogP contribution in [0.25, 0.3) is 0 Å². The van der Waals surface area contributed by atoms with Crippen LogP contribution >= 0.6 is 0 Å². The van der Waals surface area contributed by atoms with Gasteiger partial charge in [0.25, 0.3) is 10.0 Å². The zero-order chi connectivity index (χ0) is 15.7. The number of nitrogens with zero attached hydrogens (tertiary/aromatic N) is 1. The normalized spacial score (nSPS) is 20.6. The molecule has 1 aromatic heterocycles. The fraction of sp³-hybridized carbons (Fsp3) is 0.400. The fourth-order valence-corrected chi connectivity index (χ4v) is 3.14. The van der Waals surface area contributed by atoms with Crippen LogP contribution in [0.1, 0.15) is 19.1 Å². The Balaban J connectivity index is 1.65. The third-order valence-electron chi connectivity index (χ3n) is 3.74. The molecule has 118 valence electrons. The molecule has 22 heavy (non-hydrogen) atoms. The third kappa shape index (κ3) is 3.41. The van der Waals surface area contributed by atoms with E-state index in [1.165, 1.54) is 24.6 Å². The second-order valence-corrected chi connectivity index (χ2v) is 7.37. The Labute approximate surface area is 129 Å². The highest BCUT2D eigenvalue weighted by molar-refractivity contribution is 7.92. The summed E-state index contributed by atoms with van der Waals surface area (Å²) in [7, 11) is -3.67. The van der Waals surface area contributed by atoms with Crippen molar-refractivity contribution in [1.82, 2.24) is 5.16 Å². The molecule has 3 rings (SSSR count). The maximum Gasteiger partial charge on any atom is 0.263 e. The van der Waals surface area contributed by atoms with E-state index in [0.29, 0.717) is 24.0 Å². The van der Waals surface area contributed by atoms with Crippen molar-refractivity contribution in [3.63, 3.8) is 0 Å². The van der Waals surface area contributed by atoms with Crippen LogP contribution in [0, 0.1) is 18.8 Å². The number of hydrogen-bond acceptors (Lipinski definition) is 5. The largest absolute Gasteiger partial charge is 0.493 e. The van der Waals surface area contributed by atoms with Gasteiger partial charge in [-0.1, -0.05) is 12.1 Å². The molecule has 1 heterocycles. The van der Waals surface area contributed by atoms with Crippen molar-refractivity contribution in [2.24, 2.45) is 11.8 Å².